The van der Waals surface area contributed by atoms with Crippen molar-refractivity contribution < 1.29 is 14.3 Å². The predicted octanol–water partition coefficient (Wildman–Crippen LogP) is 3.36. The molecule has 0 unspecified atom stereocenters. The van der Waals surface area contributed by atoms with Gasteiger partial charge in [-0.1, -0.05) is 37.1 Å². The molecule has 5 nitrogen and oxygen atoms in total. The number of amides is 2. The summed E-state index contributed by atoms with van der Waals surface area (Å²) in [5.74, 6) is 0.987. The Labute approximate surface area is 154 Å². The first-order valence-corrected chi connectivity index (χ1v) is 9.42. The van der Waals surface area contributed by atoms with Gasteiger partial charge in [0.25, 0.3) is 0 Å². The Balaban J connectivity index is 1.64. The van der Waals surface area contributed by atoms with E-state index in [-0.39, 0.29) is 11.8 Å². The summed E-state index contributed by atoms with van der Waals surface area (Å²) in [4.78, 5) is 28.0. The molecule has 0 spiro atoms. The number of unbranched alkanes of at least 4 members (excludes halogenated alkanes) is 1. The van der Waals surface area contributed by atoms with Gasteiger partial charge in [-0.25, -0.2) is 0 Å². The summed E-state index contributed by atoms with van der Waals surface area (Å²) in [6.45, 7) is 5.09. The lowest BCUT2D eigenvalue weighted by Crippen LogP contribution is -2.50. The molecule has 1 heterocycles. The molecule has 0 N–H and O–H groups in total. The number of para-hydroxylation sites is 1. The molecule has 2 amide bonds. The van der Waals surface area contributed by atoms with Crippen LogP contribution in [0, 0.1) is 0 Å². The highest BCUT2D eigenvalue weighted by Crippen LogP contribution is 2.23. The largest absolute Gasteiger partial charge is 0.492 e. The Morgan fingerprint density at radius 1 is 1.00 bits per heavy atom. The summed E-state index contributed by atoms with van der Waals surface area (Å²) < 4.78 is 5.60. The second-order valence-corrected chi connectivity index (χ2v) is 6.65. The fourth-order valence-corrected chi connectivity index (χ4v) is 3.01. The maximum absolute atomic E-state index is 12.3. The van der Waals surface area contributed by atoms with E-state index in [1.807, 2.05) is 28.0 Å². The van der Waals surface area contributed by atoms with E-state index in [4.69, 9.17) is 16.3 Å². The number of ether oxygens (including phenoxy) is 1. The van der Waals surface area contributed by atoms with Gasteiger partial charge in [0.2, 0.25) is 11.8 Å². The summed E-state index contributed by atoms with van der Waals surface area (Å²) >= 11 is 6.03. The van der Waals surface area contributed by atoms with Crippen LogP contribution in [0.2, 0.25) is 5.02 Å². The topological polar surface area (TPSA) is 49.9 Å². The van der Waals surface area contributed by atoms with Crippen LogP contribution in [0.5, 0.6) is 5.75 Å². The highest BCUT2D eigenvalue weighted by molar-refractivity contribution is 6.32. The molecule has 25 heavy (non-hydrogen) atoms. The van der Waals surface area contributed by atoms with E-state index in [0.717, 1.165) is 12.8 Å². The minimum atomic E-state index is 0.128. The molecule has 6 heteroatoms. The van der Waals surface area contributed by atoms with E-state index in [9.17, 15) is 9.59 Å². The second-order valence-electron chi connectivity index (χ2n) is 6.25. The number of hydrogen-bond donors (Lipinski definition) is 0. The standard InChI is InChI=1S/C19H27ClN2O3/c1-2-3-9-18(23)21-11-13-22(14-12-21)19(24)10-6-15-25-17-8-5-4-7-16(17)20/h4-5,7-8H,2-3,6,9-15H2,1H3. The Bertz CT molecular complexity index is 572. The molecule has 1 fully saturated rings. The van der Waals surface area contributed by atoms with E-state index >= 15 is 0 Å². The lowest BCUT2D eigenvalue weighted by Gasteiger charge is -2.35. The number of benzene rings is 1. The third kappa shape index (κ3) is 6.24. The summed E-state index contributed by atoms with van der Waals surface area (Å²) in [5.41, 5.74) is 0. The SMILES string of the molecule is CCCCC(=O)N1CCN(C(=O)CCCOc2ccccc2Cl)CC1. The van der Waals surface area contributed by atoms with E-state index in [1.54, 1.807) is 6.07 Å². The van der Waals surface area contributed by atoms with Crippen LogP contribution in [0.3, 0.4) is 0 Å². The molecule has 0 radical (unpaired) electrons. The monoisotopic (exact) mass is 366 g/mol. The second kappa shape index (κ2) is 10.3. The van der Waals surface area contributed by atoms with Crippen LogP contribution in [-0.2, 0) is 9.59 Å². The molecular formula is C19H27ClN2O3. The molecule has 1 aliphatic heterocycles. The summed E-state index contributed by atoms with van der Waals surface area (Å²) in [6.07, 6.45) is 3.68. The normalized spacial score (nSPS) is 14.5. The summed E-state index contributed by atoms with van der Waals surface area (Å²) in [7, 11) is 0. The lowest BCUT2D eigenvalue weighted by molar-refractivity contribution is -0.139. The van der Waals surface area contributed by atoms with Crippen LogP contribution in [0.1, 0.15) is 39.0 Å². The van der Waals surface area contributed by atoms with Crippen LogP contribution in [0.25, 0.3) is 0 Å². The lowest BCUT2D eigenvalue weighted by atomic mass is 10.2. The van der Waals surface area contributed by atoms with Crippen LogP contribution in [0.15, 0.2) is 24.3 Å². The van der Waals surface area contributed by atoms with Crippen LogP contribution < -0.4 is 4.74 Å². The highest BCUT2D eigenvalue weighted by atomic mass is 35.5. The molecule has 0 bridgehead atoms. The first-order valence-electron chi connectivity index (χ1n) is 9.04. The Kier molecular flexibility index (Phi) is 8.06. The van der Waals surface area contributed by atoms with Crippen LogP contribution in [0.4, 0.5) is 0 Å². The zero-order valence-corrected chi connectivity index (χ0v) is 15.6. The number of piperazine rings is 1. The van der Waals surface area contributed by atoms with Gasteiger partial charge in [0.15, 0.2) is 0 Å². The highest BCUT2D eigenvalue weighted by Gasteiger charge is 2.23. The van der Waals surface area contributed by atoms with E-state index in [0.29, 0.717) is 62.8 Å². The van der Waals surface area contributed by atoms with Crippen molar-refractivity contribution >= 4 is 23.4 Å². The van der Waals surface area contributed by atoms with Gasteiger partial charge in [-0.05, 0) is 25.0 Å². The molecule has 0 atom stereocenters. The van der Waals surface area contributed by atoms with Gasteiger partial charge in [-0.2, -0.15) is 0 Å². The van der Waals surface area contributed by atoms with Crippen LogP contribution in [-0.4, -0.2) is 54.4 Å². The van der Waals surface area contributed by atoms with Gasteiger partial charge in [0.05, 0.1) is 11.6 Å². The average molecular weight is 367 g/mol. The van der Waals surface area contributed by atoms with Crippen LogP contribution >= 0.6 is 11.6 Å². The Hall–Kier alpha value is -1.75. The minimum absolute atomic E-state index is 0.128. The predicted molar refractivity (Wildman–Crippen MR) is 98.9 cm³/mol. The van der Waals surface area contributed by atoms with Crippen molar-refractivity contribution in [1.29, 1.82) is 0 Å². The summed E-state index contributed by atoms with van der Waals surface area (Å²) in [6, 6.07) is 7.32. The Morgan fingerprint density at radius 2 is 1.56 bits per heavy atom. The summed E-state index contributed by atoms with van der Waals surface area (Å²) in [5, 5.41) is 0.581. The van der Waals surface area contributed by atoms with Crippen molar-refractivity contribution in [1.82, 2.24) is 9.80 Å². The molecule has 2 rings (SSSR count). The molecular weight excluding hydrogens is 340 g/mol. The fourth-order valence-electron chi connectivity index (χ4n) is 2.82. The van der Waals surface area contributed by atoms with E-state index in [1.165, 1.54) is 0 Å². The number of carbonyl (C=O) groups is 2. The van der Waals surface area contributed by atoms with Crippen molar-refractivity contribution in [2.75, 3.05) is 32.8 Å². The number of rotatable bonds is 8. The van der Waals surface area contributed by atoms with Crippen molar-refractivity contribution in [3.63, 3.8) is 0 Å². The Morgan fingerprint density at radius 3 is 2.12 bits per heavy atom. The first-order chi connectivity index (χ1) is 12.1. The zero-order chi connectivity index (χ0) is 18.1. The molecule has 138 valence electrons. The quantitative estimate of drug-likeness (QED) is 0.663. The van der Waals surface area contributed by atoms with E-state index < -0.39 is 0 Å². The van der Waals surface area contributed by atoms with Crippen molar-refractivity contribution in [3.05, 3.63) is 29.3 Å². The fraction of sp³-hybridized carbons (Fsp3) is 0.579. The smallest absolute Gasteiger partial charge is 0.222 e. The first kappa shape index (κ1) is 19.6. The molecule has 1 aromatic rings. The van der Waals surface area contributed by atoms with Crippen molar-refractivity contribution in [2.24, 2.45) is 0 Å². The third-order valence-corrected chi connectivity index (χ3v) is 4.67. The molecule has 1 aliphatic rings. The van der Waals surface area contributed by atoms with Gasteiger partial charge in [-0.15, -0.1) is 0 Å². The molecule has 0 saturated carbocycles. The number of halogens is 1. The molecule has 0 aromatic heterocycles. The van der Waals surface area contributed by atoms with Gasteiger partial charge in [0.1, 0.15) is 5.75 Å². The number of hydrogen-bond acceptors (Lipinski definition) is 3. The van der Waals surface area contributed by atoms with Gasteiger partial charge in [0, 0.05) is 39.0 Å². The van der Waals surface area contributed by atoms with E-state index in [2.05, 4.69) is 6.92 Å². The molecule has 1 aromatic carbocycles. The third-order valence-electron chi connectivity index (χ3n) is 4.36. The van der Waals surface area contributed by atoms with Gasteiger partial charge >= 0.3 is 0 Å². The molecule has 1 saturated heterocycles. The minimum Gasteiger partial charge on any atom is -0.492 e. The van der Waals surface area contributed by atoms with Gasteiger partial charge < -0.3 is 14.5 Å². The zero-order valence-electron chi connectivity index (χ0n) is 14.9. The van der Waals surface area contributed by atoms with Crippen molar-refractivity contribution in [2.45, 2.75) is 39.0 Å². The number of nitrogens with zero attached hydrogens (tertiary/aromatic N) is 2. The maximum Gasteiger partial charge on any atom is 0.222 e. The van der Waals surface area contributed by atoms with Gasteiger partial charge in [-0.3, -0.25) is 9.59 Å². The molecule has 0 aliphatic carbocycles. The average Bonchev–Trinajstić information content (AvgIpc) is 2.64. The number of carbonyl (C=O) groups excluding carboxylic acids is 2. The van der Waals surface area contributed by atoms with Crippen molar-refractivity contribution in [3.8, 4) is 5.75 Å². The maximum atomic E-state index is 12.3.